The first-order valence-corrected chi connectivity index (χ1v) is 36.7. The molecule has 2 aromatic rings. The predicted molar refractivity (Wildman–Crippen MR) is 383 cm³/mol. The van der Waals surface area contributed by atoms with Gasteiger partial charge in [0.25, 0.3) is 0 Å². The number of nitrogens with one attached hydrogen (secondary N) is 9. The Balaban J connectivity index is 1.74. The van der Waals surface area contributed by atoms with Crippen LogP contribution in [0.4, 0.5) is 0 Å². The summed E-state index contributed by atoms with van der Waals surface area (Å²) >= 11 is 0. The van der Waals surface area contributed by atoms with Crippen molar-refractivity contribution in [2.75, 3.05) is 13.1 Å². The topological polar surface area (TPSA) is 513 Å². The van der Waals surface area contributed by atoms with Gasteiger partial charge in [-0.05, 0) is 119 Å². The number of nitrogens with zero attached hydrogens (tertiary/aromatic N) is 1. The fraction of sp³-hybridized carbons (Fsp3) is 0.644. The lowest BCUT2D eigenvalue weighted by molar-refractivity contribution is -0.143. The highest BCUT2D eigenvalue weighted by atomic mass is 16.5. The first kappa shape index (κ1) is 88.1. The van der Waals surface area contributed by atoms with Crippen LogP contribution < -0.4 is 64.1 Å². The maximum absolute atomic E-state index is 14.8. The molecule has 1 saturated heterocycles. The van der Waals surface area contributed by atoms with Gasteiger partial charge in [0.2, 0.25) is 65.0 Å². The summed E-state index contributed by atoms with van der Waals surface area (Å²) in [6, 6.07) is -4.88. The number of benzene rings is 2. The van der Waals surface area contributed by atoms with E-state index in [9.17, 15) is 92.7 Å². The van der Waals surface area contributed by atoms with Crippen LogP contribution in [0.2, 0.25) is 0 Å². The molecule has 32 heteroatoms. The minimum absolute atomic E-state index is 0.0228. The SMILES string of the molecule is CC[C@H](C)CCCCCCCCCC[C@@H](O)CC(=O)N[C@@H](CCC(=O)O)C(=O)N[C@H](CCCN)C(=O)N[C@H]1Cc2ccc(cc2)OC(=O)[C@H]([C@@H](C)CC)NC(=O)[C@@H](Cc2ccc(O)cc2)NC(=O)[C@H](CCC(N)=O)NC(=O)[C@@H]2CCCN2C(=O)[C@@H](C)NC(=O)[C@H](CCC(=O)O)NC(=O)[C@@H]([C@@H](C)O)NC1=O. The Kier molecular flexibility index (Phi) is 38.4. The summed E-state index contributed by atoms with van der Waals surface area (Å²) in [5.41, 5.74) is 12.0. The van der Waals surface area contributed by atoms with Crippen LogP contribution in [-0.2, 0) is 80.0 Å². The lowest BCUT2D eigenvalue weighted by Gasteiger charge is -2.30. The van der Waals surface area contributed by atoms with Gasteiger partial charge in [0.1, 0.15) is 71.9 Å². The molecule has 0 radical (unpaired) electrons. The zero-order valence-corrected chi connectivity index (χ0v) is 61.3. The van der Waals surface area contributed by atoms with Crippen molar-refractivity contribution in [3.8, 4) is 11.5 Å². The Hall–Kier alpha value is -9.30. The molecule has 105 heavy (non-hydrogen) atoms. The number of phenols is 1. The molecule has 584 valence electrons. The highest BCUT2D eigenvalue weighted by Crippen LogP contribution is 2.23. The molecule has 3 heterocycles. The summed E-state index contributed by atoms with van der Waals surface area (Å²) < 4.78 is 5.82. The fourth-order valence-corrected chi connectivity index (χ4v) is 12.2. The largest absolute Gasteiger partial charge is 0.508 e. The average Bonchev–Trinajstić information content (AvgIpc) is 1.78. The zero-order chi connectivity index (χ0) is 77.9. The highest BCUT2D eigenvalue weighted by Gasteiger charge is 2.41. The summed E-state index contributed by atoms with van der Waals surface area (Å²) in [6.45, 7) is 10.1. The van der Waals surface area contributed by atoms with E-state index >= 15 is 0 Å². The molecule has 18 N–H and O–H groups in total. The molecular formula is C73H112N12O20. The van der Waals surface area contributed by atoms with E-state index < -0.39 is 213 Å². The number of carbonyl (C=O) groups is 14. The van der Waals surface area contributed by atoms with Crippen molar-refractivity contribution in [3.05, 3.63) is 59.7 Å². The van der Waals surface area contributed by atoms with E-state index in [0.29, 0.717) is 24.8 Å². The van der Waals surface area contributed by atoms with Crippen LogP contribution in [0.3, 0.4) is 0 Å². The van der Waals surface area contributed by atoms with E-state index in [1.54, 1.807) is 13.8 Å². The van der Waals surface area contributed by atoms with Gasteiger partial charge in [0.05, 0.1) is 18.6 Å². The zero-order valence-electron chi connectivity index (χ0n) is 61.3. The van der Waals surface area contributed by atoms with Gasteiger partial charge in [-0.25, -0.2) is 4.79 Å². The third-order valence-electron chi connectivity index (χ3n) is 18.9. The van der Waals surface area contributed by atoms with Crippen LogP contribution in [0, 0.1) is 11.8 Å². The first-order chi connectivity index (χ1) is 49.8. The summed E-state index contributed by atoms with van der Waals surface area (Å²) in [4.78, 5) is 195. The number of nitrogens with two attached hydrogens (primary N) is 2. The Labute approximate surface area is 612 Å². The summed E-state index contributed by atoms with van der Waals surface area (Å²) in [7, 11) is 0. The van der Waals surface area contributed by atoms with Crippen LogP contribution >= 0.6 is 0 Å². The molecule has 0 spiro atoms. The number of fused-ring (bicyclic) bond motifs is 23. The third-order valence-corrected chi connectivity index (χ3v) is 18.9. The van der Waals surface area contributed by atoms with E-state index in [0.717, 1.165) is 49.8 Å². The summed E-state index contributed by atoms with van der Waals surface area (Å²) in [6.07, 6.45) is 4.02. The lowest BCUT2D eigenvalue weighted by atomic mass is 9.97. The number of aliphatic hydroxyl groups excluding tert-OH is 2. The number of hydrogen-bond acceptors (Lipinski definition) is 19. The number of hydrogen-bond donors (Lipinski definition) is 16. The van der Waals surface area contributed by atoms with Gasteiger partial charge in [-0.1, -0.05) is 123 Å². The monoisotopic (exact) mass is 1480 g/mol. The maximum atomic E-state index is 14.8. The minimum Gasteiger partial charge on any atom is -0.508 e. The van der Waals surface area contributed by atoms with Gasteiger partial charge < -0.3 is 94.5 Å². The second-order valence-corrected chi connectivity index (χ2v) is 27.7. The number of phenolic OH excluding ortho intramolecular Hbond substituents is 1. The molecule has 0 aromatic heterocycles. The second kappa shape index (κ2) is 45.8. The molecule has 0 aliphatic carbocycles. The van der Waals surface area contributed by atoms with Crippen molar-refractivity contribution in [1.29, 1.82) is 0 Å². The average molecular weight is 1480 g/mol. The van der Waals surface area contributed by atoms with Crippen LogP contribution in [0.5, 0.6) is 11.5 Å². The minimum atomic E-state index is -1.98. The smallest absolute Gasteiger partial charge is 0.334 e. The van der Waals surface area contributed by atoms with E-state index in [1.807, 2.05) is 0 Å². The summed E-state index contributed by atoms with van der Waals surface area (Å²) in [5, 5.41) is 74.1. The van der Waals surface area contributed by atoms with Crippen LogP contribution in [0.15, 0.2) is 48.5 Å². The number of amides is 11. The molecule has 2 aromatic carbocycles. The predicted octanol–water partition coefficient (Wildman–Crippen LogP) is 1.33. The first-order valence-electron chi connectivity index (χ1n) is 36.7. The Morgan fingerprint density at radius 1 is 0.610 bits per heavy atom. The third kappa shape index (κ3) is 31.5. The molecule has 3 aliphatic heterocycles. The number of primary amides is 1. The molecule has 0 unspecified atom stereocenters. The Morgan fingerprint density at radius 3 is 1.76 bits per heavy atom. The lowest BCUT2D eigenvalue weighted by Crippen LogP contribution is -2.62. The Bertz CT molecular complexity index is 3230. The molecule has 32 nitrogen and oxygen atoms in total. The van der Waals surface area contributed by atoms with E-state index in [1.165, 1.54) is 81.1 Å². The van der Waals surface area contributed by atoms with Crippen molar-refractivity contribution in [1.82, 2.24) is 52.8 Å². The molecule has 1 fully saturated rings. The van der Waals surface area contributed by atoms with Crippen LogP contribution in [0.1, 0.15) is 200 Å². The van der Waals surface area contributed by atoms with Gasteiger partial charge in [-0.3, -0.25) is 62.3 Å². The quantitative estimate of drug-likeness (QED) is 0.0198. The van der Waals surface area contributed by atoms with Gasteiger partial charge in [0.15, 0.2) is 0 Å². The molecule has 2 bridgehead atoms. The van der Waals surface area contributed by atoms with E-state index in [-0.39, 0.29) is 62.3 Å². The molecule has 3 aliphatic rings. The maximum Gasteiger partial charge on any atom is 0.334 e. The number of rotatable bonds is 36. The fourth-order valence-electron chi connectivity index (χ4n) is 12.2. The summed E-state index contributed by atoms with van der Waals surface area (Å²) in [5.74, 6) is -14.7. The number of aliphatic hydroxyl groups is 2. The van der Waals surface area contributed by atoms with Crippen LogP contribution in [0.25, 0.3) is 0 Å². The number of aromatic hydroxyl groups is 1. The number of unbranched alkanes of at least 4 members (excludes halogenated alkanes) is 7. The van der Waals surface area contributed by atoms with E-state index in [4.69, 9.17) is 16.2 Å². The number of carboxylic acid groups (broad SMARTS) is 2. The standard InChI is InChI=1S/C73H112N12O20/c1-7-42(3)19-15-13-11-9-10-12-14-16-20-49(88)41-59(90)77-52(32-35-60(91)92)66(97)78-51(21-17-37-74)65(96)81-56-40-47-25-29-50(30-26-47)105-73(104)62(43(4)8-2)83-68(99)55(39-46-23-27-48(87)28-24-46)82-67(98)53(31-34-58(75)89)79-70(101)57-22-18-38-85(57)72(103)44(5)76-64(95)54(33-36-61(93)94)80-71(102)63(45(6)86)84-69(56)100/h23-30,42-45,49,51-57,62-63,86-88H,7-22,31-41,74H2,1-6H3,(H2,75,89)(H,76,95)(H,77,90)(H,78,97)(H,79,101)(H,80,102)(H,81,96)(H,82,98)(H,83,99)(H,84,100)(H,91,92)(H,93,94)/t42-,43-,44+,45+,49+,51+,52-,53-,54-,55+,56-,57-,62-,63+/m0/s1. The number of aliphatic carboxylic acids is 2. The van der Waals surface area contributed by atoms with Crippen molar-refractivity contribution in [3.63, 3.8) is 0 Å². The van der Waals surface area contributed by atoms with Crippen molar-refractivity contribution >= 4 is 82.9 Å². The van der Waals surface area contributed by atoms with Crippen molar-refractivity contribution in [2.24, 2.45) is 23.3 Å². The number of ether oxygens (including phenoxy) is 1. The Morgan fingerprint density at radius 2 is 1.17 bits per heavy atom. The van der Waals surface area contributed by atoms with Gasteiger partial charge in [-0.15, -0.1) is 0 Å². The molecule has 5 rings (SSSR count). The van der Waals surface area contributed by atoms with Gasteiger partial charge >= 0.3 is 17.9 Å². The van der Waals surface area contributed by atoms with Crippen LogP contribution in [-0.4, -0.2) is 199 Å². The molecular weight excluding hydrogens is 1360 g/mol. The van der Waals surface area contributed by atoms with Gasteiger partial charge in [-0.2, -0.15) is 0 Å². The van der Waals surface area contributed by atoms with E-state index in [2.05, 4.69) is 61.7 Å². The van der Waals surface area contributed by atoms with Gasteiger partial charge in [0, 0.05) is 38.6 Å². The van der Waals surface area contributed by atoms with Crippen molar-refractivity contribution < 1.29 is 97.4 Å². The second-order valence-electron chi connectivity index (χ2n) is 27.7. The number of carbonyl (C=O) groups excluding carboxylic acids is 12. The molecule has 14 atom stereocenters. The molecule has 11 amide bonds. The highest BCUT2D eigenvalue weighted by molar-refractivity contribution is 5.99. The number of esters is 1. The molecule has 0 saturated carbocycles. The number of carboxylic acids is 2. The van der Waals surface area contributed by atoms with Crippen molar-refractivity contribution in [2.45, 2.75) is 275 Å². The normalized spacial score (nSPS) is 22.2.